The van der Waals surface area contributed by atoms with Gasteiger partial charge < -0.3 is 23.9 Å². The second-order valence-electron chi connectivity index (χ2n) is 5.86. The van der Waals surface area contributed by atoms with Gasteiger partial charge in [0.25, 0.3) is 5.91 Å². The number of hydrogen-bond acceptors (Lipinski definition) is 7. The summed E-state index contributed by atoms with van der Waals surface area (Å²) in [5.41, 5.74) is 0.777. The molecule has 0 spiro atoms. The molecule has 27 heavy (non-hydrogen) atoms. The van der Waals surface area contributed by atoms with E-state index < -0.39 is 0 Å². The summed E-state index contributed by atoms with van der Waals surface area (Å²) < 4.78 is 22.0. The van der Waals surface area contributed by atoms with Crippen LogP contribution in [-0.2, 0) is 4.79 Å². The molecule has 8 heteroatoms. The van der Waals surface area contributed by atoms with Gasteiger partial charge in [-0.05, 0) is 36.4 Å². The summed E-state index contributed by atoms with van der Waals surface area (Å²) in [6.45, 7) is 0.631. The van der Waals surface area contributed by atoms with Crippen LogP contribution >= 0.6 is 0 Å². The smallest absolute Gasteiger partial charge is 0.258 e. The number of carbonyl (C=O) groups excluding carboxylic acids is 1. The van der Waals surface area contributed by atoms with Crippen LogP contribution in [0.1, 0.15) is 0 Å². The second-order valence-corrected chi connectivity index (χ2v) is 5.86. The van der Waals surface area contributed by atoms with Gasteiger partial charge in [-0.15, -0.1) is 10.2 Å². The van der Waals surface area contributed by atoms with Crippen LogP contribution < -0.4 is 19.5 Å². The largest absolute Gasteiger partial charge is 0.486 e. The Morgan fingerprint density at radius 2 is 1.96 bits per heavy atom. The standard InChI is InChI=1S/C19H17N3O5/c23-18(20-9-15-10-25-16-3-1-2-4-17(16)27-15)11-24-14-7-5-13(6-8-14)19-22-21-12-26-19/h1-8,12,15H,9-11H2,(H,20,23). The number of ether oxygens (including phenoxy) is 3. The lowest BCUT2D eigenvalue weighted by atomic mass is 10.2. The first-order chi connectivity index (χ1) is 13.3. The summed E-state index contributed by atoms with van der Waals surface area (Å²) in [6, 6.07) is 14.5. The van der Waals surface area contributed by atoms with E-state index in [1.54, 1.807) is 24.3 Å². The van der Waals surface area contributed by atoms with Gasteiger partial charge in [0, 0.05) is 5.56 Å². The van der Waals surface area contributed by atoms with E-state index in [0.29, 0.717) is 36.3 Å². The fraction of sp³-hybridized carbons (Fsp3) is 0.211. The quantitative estimate of drug-likeness (QED) is 0.712. The number of hydrogen-bond donors (Lipinski definition) is 1. The van der Waals surface area contributed by atoms with Crippen LogP contribution in [0.15, 0.2) is 59.3 Å². The molecule has 4 rings (SSSR count). The Hall–Kier alpha value is -3.55. The molecule has 8 nitrogen and oxygen atoms in total. The van der Waals surface area contributed by atoms with E-state index in [-0.39, 0.29) is 18.6 Å². The molecule has 1 aliphatic heterocycles. The molecule has 1 N–H and O–H groups in total. The SMILES string of the molecule is O=C(COc1ccc(-c2nnco2)cc1)NCC1COc2ccccc2O1. The van der Waals surface area contributed by atoms with E-state index in [4.69, 9.17) is 18.6 Å². The molecule has 0 saturated heterocycles. The van der Waals surface area contributed by atoms with Crippen molar-refractivity contribution >= 4 is 5.91 Å². The van der Waals surface area contributed by atoms with Gasteiger partial charge in [-0.3, -0.25) is 4.79 Å². The van der Waals surface area contributed by atoms with E-state index in [1.165, 1.54) is 6.39 Å². The molecule has 2 heterocycles. The number of benzene rings is 2. The Morgan fingerprint density at radius 1 is 1.15 bits per heavy atom. The number of amides is 1. The summed E-state index contributed by atoms with van der Waals surface area (Å²) in [5.74, 6) is 2.15. The van der Waals surface area contributed by atoms with Gasteiger partial charge in [0.2, 0.25) is 12.3 Å². The maximum Gasteiger partial charge on any atom is 0.258 e. The highest BCUT2D eigenvalue weighted by Gasteiger charge is 2.21. The number of nitrogens with one attached hydrogen (secondary N) is 1. The first-order valence-corrected chi connectivity index (χ1v) is 8.42. The van der Waals surface area contributed by atoms with Crippen LogP contribution in [0.2, 0.25) is 0 Å². The fourth-order valence-corrected chi connectivity index (χ4v) is 2.58. The van der Waals surface area contributed by atoms with Crippen molar-refractivity contribution in [3.8, 4) is 28.7 Å². The Morgan fingerprint density at radius 3 is 2.74 bits per heavy atom. The molecule has 0 bridgehead atoms. The predicted octanol–water partition coefficient (Wildman–Crippen LogP) is 2.07. The third kappa shape index (κ3) is 4.17. The highest BCUT2D eigenvalue weighted by atomic mass is 16.6. The van der Waals surface area contributed by atoms with Crippen molar-refractivity contribution in [3.05, 3.63) is 54.9 Å². The van der Waals surface area contributed by atoms with Crippen molar-refractivity contribution in [1.29, 1.82) is 0 Å². The third-order valence-electron chi connectivity index (χ3n) is 3.93. The summed E-state index contributed by atoms with van der Waals surface area (Å²) in [7, 11) is 0. The Balaban J connectivity index is 1.22. The number of para-hydroxylation sites is 2. The molecular formula is C19H17N3O5. The molecule has 0 saturated carbocycles. The lowest BCUT2D eigenvalue weighted by Gasteiger charge is -2.26. The monoisotopic (exact) mass is 367 g/mol. The zero-order chi connectivity index (χ0) is 18.5. The maximum absolute atomic E-state index is 12.0. The molecule has 2 aromatic carbocycles. The molecule has 1 atom stereocenters. The van der Waals surface area contributed by atoms with Gasteiger partial charge >= 0.3 is 0 Å². The van der Waals surface area contributed by atoms with E-state index in [2.05, 4.69) is 15.5 Å². The van der Waals surface area contributed by atoms with Crippen LogP contribution in [0.5, 0.6) is 17.2 Å². The topological polar surface area (TPSA) is 95.7 Å². The van der Waals surface area contributed by atoms with Gasteiger partial charge in [-0.1, -0.05) is 12.1 Å². The highest BCUT2D eigenvalue weighted by Crippen LogP contribution is 2.30. The maximum atomic E-state index is 12.0. The summed E-state index contributed by atoms with van der Waals surface area (Å²) in [5, 5.41) is 10.2. The van der Waals surface area contributed by atoms with Crippen molar-refractivity contribution in [2.24, 2.45) is 0 Å². The first kappa shape index (κ1) is 16.9. The molecule has 0 fully saturated rings. The Kier molecular flexibility index (Phi) is 4.86. The van der Waals surface area contributed by atoms with Crippen LogP contribution in [0.3, 0.4) is 0 Å². The average Bonchev–Trinajstić information content (AvgIpc) is 3.26. The van der Waals surface area contributed by atoms with E-state index in [1.807, 2.05) is 24.3 Å². The number of nitrogens with zero attached hydrogens (tertiary/aromatic N) is 2. The number of carbonyl (C=O) groups is 1. The van der Waals surface area contributed by atoms with E-state index >= 15 is 0 Å². The zero-order valence-corrected chi connectivity index (χ0v) is 14.3. The van der Waals surface area contributed by atoms with Gasteiger partial charge in [0.05, 0.1) is 6.54 Å². The lowest BCUT2D eigenvalue weighted by Crippen LogP contribution is -2.42. The van der Waals surface area contributed by atoms with Gasteiger partial charge in [-0.25, -0.2) is 0 Å². The van der Waals surface area contributed by atoms with E-state index in [0.717, 1.165) is 5.56 Å². The van der Waals surface area contributed by atoms with Gasteiger partial charge in [-0.2, -0.15) is 0 Å². The van der Waals surface area contributed by atoms with Crippen LogP contribution in [0.25, 0.3) is 11.5 Å². The molecule has 1 unspecified atom stereocenters. The van der Waals surface area contributed by atoms with E-state index in [9.17, 15) is 4.79 Å². The lowest BCUT2D eigenvalue weighted by molar-refractivity contribution is -0.123. The van der Waals surface area contributed by atoms with Gasteiger partial charge in [0.15, 0.2) is 18.1 Å². The molecule has 3 aromatic rings. The van der Waals surface area contributed by atoms with Gasteiger partial charge in [0.1, 0.15) is 18.5 Å². The van der Waals surface area contributed by atoms with Crippen molar-refractivity contribution in [2.75, 3.05) is 19.8 Å². The Labute approximate surface area is 155 Å². The van der Waals surface area contributed by atoms with Crippen molar-refractivity contribution in [1.82, 2.24) is 15.5 Å². The molecular weight excluding hydrogens is 350 g/mol. The molecule has 138 valence electrons. The number of aromatic nitrogens is 2. The second kappa shape index (κ2) is 7.77. The molecule has 1 aromatic heterocycles. The minimum Gasteiger partial charge on any atom is -0.486 e. The molecule has 0 aliphatic carbocycles. The van der Waals surface area contributed by atoms with Crippen LogP contribution in [0, 0.1) is 0 Å². The fourth-order valence-electron chi connectivity index (χ4n) is 2.58. The summed E-state index contributed by atoms with van der Waals surface area (Å²) in [6.07, 6.45) is 1.03. The molecule has 0 radical (unpaired) electrons. The first-order valence-electron chi connectivity index (χ1n) is 8.42. The van der Waals surface area contributed by atoms with Crippen molar-refractivity contribution in [2.45, 2.75) is 6.10 Å². The summed E-state index contributed by atoms with van der Waals surface area (Å²) >= 11 is 0. The normalized spacial score (nSPS) is 15.2. The minimum absolute atomic E-state index is 0.0932. The predicted molar refractivity (Wildman–Crippen MR) is 94.6 cm³/mol. The van der Waals surface area contributed by atoms with Crippen molar-refractivity contribution < 1.29 is 23.4 Å². The number of fused-ring (bicyclic) bond motifs is 1. The zero-order valence-electron chi connectivity index (χ0n) is 14.3. The Bertz CT molecular complexity index is 896. The summed E-state index contributed by atoms with van der Waals surface area (Å²) in [4.78, 5) is 12.0. The number of rotatable bonds is 6. The minimum atomic E-state index is -0.238. The van der Waals surface area contributed by atoms with Crippen LogP contribution in [-0.4, -0.2) is 42.0 Å². The van der Waals surface area contributed by atoms with Crippen LogP contribution in [0.4, 0.5) is 0 Å². The third-order valence-corrected chi connectivity index (χ3v) is 3.93. The van der Waals surface area contributed by atoms with Crippen molar-refractivity contribution in [3.63, 3.8) is 0 Å². The molecule has 1 aliphatic rings. The average molecular weight is 367 g/mol. The highest BCUT2D eigenvalue weighted by molar-refractivity contribution is 5.77. The molecule has 1 amide bonds.